The number of benzene rings is 1. The Kier molecular flexibility index (Phi) is 4.91. The average molecular weight is 503 g/mol. The van der Waals surface area contributed by atoms with Gasteiger partial charge in [0.15, 0.2) is 5.82 Å². The summed E-state index contributed by atoms with van der Waals surface area (Å²) in [5.74, 6) is 0.976. The van der Waals surface area contributed by atoms with Crippen LogP contribution in [0, 0.1) is 0 Å². The average Bonchev–Trinajstić information content (AvgIpc) is 3.63. The zero-order valence-electron chi connectivity index (χ0n) is 17.6. The number of nitrogens with zero attached hydrogens (tertiary/aromatic N) is 6. The Morgan fingerprint density at radius 1 is 1.03 bits per heavy atom. The summed E-state index contributed by atoms with van der Waals surface area (Å²) in [6, 6.07) is 11.8. The highest BCUT2D eigenvalue weighted by molar-refractivity contribution is 9.10. The molecule has 6 rings (SSSR count). The summed E-state index contributed by atoms with van der Waals surface area (Å²) < 4.78 is 10.6. The van der Waals surface area contributed by atoms with Crippen LogP contribution in [-0.4, -0.2) is 29.1 Å². The number of hydrogen-bond donors (Lipinski definition) is 0. The zero-order valence-corrected chi connectivity index (χ0v) is 19.1. The second kappa shape index (κ2) is 8.08. The maximum atomic E-state index is 13.3. The van der Waals surface area contributed by atoms with Crippen LogP contribution >= 0.6 is 15.9 Å². The first-order valence-corrected chi connectivity index (χ1v) is 11.5. The maximum absolute atomic E-state index is 13.3. The summed E-state index contributed by atoms with van der Waals surface area (Å²) in [7, 11) is 0. The monoisotopic (exact) mass is 502 g/mol. The van der Waals surface area contributed by atoms with Gasteiger partial charge in [-0.1, -0.05) is 22.0 Å². The van der Waals surface area contributed by atoms with Crippen LogP contribution in [0.15, 0.2) is 70.5 Å². The lowest BCUT2D eigenvalue weighted by Crippen LogP contribution is -2.25. The van der Waals surface area contributed by atoms with Crippen molar-refractivity contribution in [2.45, 2.75) is 32.0 Å². The van der Waals surface area contributed by atoms with Crippen molar-refractivity contribution in [3.05, 3.63) is 87.5 Å². The Balaban J connectivity index is 1.43. The highest BCUT2D eigenvalue weighted by Crippen LogP contribution is 2.36. The second-order valence-electron chi connectivity index (χ2n) is 8.09. The zero-order chi connectivity index (χ0) is 22.4. The molecule has 4 heterocycles. The Bertz CT molecular complexity index is 1540. The van der Waals surface area contributed by atoms with Gasteiger partial charge < -0.3 is 4.74 Å². The molecular weight excluding hydrogens is 484 g/mol. The molecule has 164 valence electrons. The van der Waals surface area contributed by atoms with Gasteiger partial charge in [0, 0.05) is 34.7 Å². The molecule has 9 heteroatoms. The predicted molar refractivity (Wildman–Crippen MR) is 127 cm³/mol. The fraction of sp³-hybridized carbons (Fsp3) is 0.208. The van der Waals surface area contributed by atoms with Crippen LogP contribution in [0.2, 0.25) is 0 Å². The highest BCUT2D eigenvalue weighted by Gasteiger charge is 2.29. The third kappa shape index (κ3) is 3.78. The quantitative estimate of drug-likeness (QED) is 0.344. The van der Waals surface area contributed by atoms with Crippen LogP contribution in [0.3, 0.4) is 0 Å². The smallest absolute Gasteiger partial charge is 0.329 e. The first-order valence-electron chi connectivity index (χ1n) is 10.7. The van der Waals surface area contributed by atoms with E-state index in [1.807, 2.05) is 41.0 Å². The molecule has 0 atom stereocenters. The lowest BCUT2D eigenvalue weighted by Gasteiger charge is -2.11. The van der Waals surface area contributed by atoms with Crippen molar-refractivity contribution in [3.8, 4) is 5.88 Å². The lowest BCUT2D eigenvalue weighted by molar-refractivity contribution is 0.296. The largest absolute Gasteiger partial charge is 0.472 e. The molecule has 5 aromatic rings. The normalized spacial score (nSPS) is 13.6. The molecule has 1 fully saturated rings. The van der Waals surface area contributed by atoms with Crippen molar-refractivity contribution in [1.29, 1.82) is 0 Å². The summed E-state index contributed by atoms with van der Waals surface area (Å²) in [6.45, 7) is 0.562. The minimum atomic E-state index is -0.0576. The number of rotatable bonds is 6. The van der Waals surface area contributed by atoms with E-state index < -0.39 is 0 Å². The summed E-state index contributed by atoms with van der Waals surface area (Å²) in [5.41, 5.74) is 3.32. The second-order valence-corrected chi connectivity index (χ2v) is 9.01. The molecule has 8 nitrogen and oxygen atoms in total. The molecule has 0 bridgehead atoms. The van der Waals surface area contributed by atoms with E-state index in [4.69, 9.17) is 14.7 Å². The molecule has 33 heavy (non-hydrogen) atoms. The number of pyridine rings is 2. The van der Waals surface area contributed by atoms with Crippen molar-refractivity contribution < 1.29 is 4.74 Å². The molecule has 0 saturated heterocycles. The summed E-state index contributed by atoms with van der Waals surface area (Å²) >= 11 is 3.52. The Morgan fingerprint density at radius 3 is 2.73 bits per heavy atom. The number of imidazole rings is 1. The van der Waals surface area contributed by atoms with Crippen LogP contribution in [0.5, 0.6) is 5.88 Å². The van der Waals surface area contributed by atoms with E-state index in [1.165, 1.54) is 0 Å². The number of ether oxygens (including phenoxy) is 1. The van der Waals surface area contributed by atoms with Crippen molar-refractivity contribution in [1.82, 2.24) is 29.1 Å². The molecule has 0 aliphatic heterocycles. The van der Waals surface area contributed by atoms with Crippen LogP contribution < -0.4 is 10.4 Å². The minimum absolute atomic E-state index is 0.0576. The van der Waals surface area contributed by atoms with Gasteiger partial charge in [0.2, 0.25) is 5.88 Å². The number of fused-ring (bicyclic) bond motifs is 2. The molecule has 1 aliphatic carbocycles. The SMILES string of the molecule is O=c1n(Cc2nc(OCc3cccnc3)c3cc(Br)ccc3n2)c2cnccc2n1C1CC1. The molecule has 0 amide bonds. The van der Waals surface area contributed by atoms with Gasteiger partial charge in [-0.15, -0.1) is 0 Å². The van der Waals surface area contributed by atoms with Crippen molar-refractivity contribution in [2.24, 2.45) is 0 Å². The third-order valence-electron chi connectivity index (χ3n) is 5.74. The Labute approximate surface area is 197 Å². The highest BCUT2D eigenvalue weighted by atomic mass is 79.9. The van der Waals surface area contributed by atoms with Crippen molar-refractivity contribution >= 4 is 37.9 Å². The van der Waals surface area contributed by atoms with Crippen LogP contribution in [-0.2, 0) is 13.2 Å². The number of hydrogen-bond acceptors (Lipinski definition) is 6. The topological polar surface area (TPSA) is 87.7 Å². The van der Waals surface area contributed by atoms with E-state index in [0.717, 1.165) is 44.8 Å². The van der Waals surface area contributed by atoms with E-state index in [1.54, 1.807) is 29.4 Å². The van der Waals surface area contributed by atoms with E-state index in [9.17, 15) is 4.79 Å². The van der Waals surface area contributed by atoms with Crippen molar-refractivity contribution in [3.63, 3.8) is 0 Å². The maximum Gasteiger partial charge on any atom is 0.329 e. The predicted octanol–water partition coefficient (Wildman–Crippen LogP) is 4.26. The number of aromatic nitrogens is 6. The van der Waals surface area contributed by atoms with Crippen molar-refractivity contribution in [2.75, 3.05) is 0 Å². The molecule has 0 radical (unpaired) electrons. The molecule has 1 aliphatic rings. The van der Waals surface area contributed by atoms with Crippen LogP contribution in [0.1, 0.15) is 30.3 Å². The van der Waals surface area contributed by atoms with Crippen LogP contribution in [0.4, 0.5) is 0 Å². The first kappa shape index (κ1) is 20.0. The summed E-state index contributed by atoms with van der Waals surface area (Å²) in [5, 5.41) is 0.798. The Morgan fingerprint density at radius 2 is 1.91 bits per heavy atom. The van der Waals surface area contributed by atoms with Gasteiger partial charge >= 0.3 is 5.69 Å². The molecule has 1 aromatic carbocycles. The van der Waals surface area contributed by atoms with Gasteiger partial charge in [-0.2, -0.15) is 4.98 Å². The minimum Gasteiger partial charge on any atom is -0.472 e. The van der Waals surface area contributed by atoms with E-state index in [0.29, 0.717) is 18.3 Å². The van der Waals surface area contributed by atoms with E-state index >= 15 is 0 Å². The fourth-order valence-electron chi connectivity index (χ4n) is 4.04. The van der Waals surface area contributed by atoms with Gasteiger partial charge in [-0.25, -0.2) is 9.78 Å². The lowest BCUT2D eigenvalue weighted by atomic mass is 10.2. The molecule has 0 spiro atoms. The molecule has 4 aromatic heterocycles. The Hall–Kier alpha value is -3.59. The molecule has 0 unspecified atom stereocenters. The van der Waals surface area contributed by atoms with E-state index in [-0.39, 0.29) is 18.3 Å². The summed E-state index contributed by atoms with van der Waals surface area (Å²) in [4.78, 5) is 31.1. The van der Waals surface area contributed by atoms with Gasteiger partial charge in [-0.3, -0.25) is 19.1 Å². The standard InChI is InChI=1S/C24H19BrN6O2/c25-16-3-6-19-18(10-16)23(33-14-15-2-1-8-26-11-15)29-22(28-19)13-30-21-12-27-9-7-20(21)31(24(30)32)17-4-5-17/h1-3,6-12,17H,4-5,13-14H2. The molecular formula is C24H19BrN6O2. The first-order chi connectivity index (χ1) is 16.2. The van der Waals surface area contributed by atoms with Gasteiger partial charge in [0.05, 0.1) is 34.7 Å². The van der Waals surface area contributed by atoms with E-state index in [2.05, 4.69) is 25.9 Å². The van der Waals surface area contributed by atoms with Gasteiger partial charge in [0.1, 0.15) is 6.61 Å². The third-order valence-corrected chi connectivity index (χ3v) is 6.24. The van der Waals surface area contributed by atoms with Crippen LogP contribution in [0.25, 0.3) is 21.9 Å². The van der Waals surface area contributed by atoms with Gasteiger partial charge in [-0.05, 0) is 43.2 Å². The molecule has 0 N–H and O–H groups in total. The molecule has 1 saturated carbocycles. The van der Waals surface area contributed by atoms with Gasteiger partial charge in [0.25, 0.3) is 0 Å². The fourth-order valence-corrected chi connectivity index (χ4v) is 4.40. The summed E-state index contributed by atoms with van der Waals surface area (Å²) in [6.07, 6.45) is 8.99. The number of halogens is 1.